The Bertz CT molecular complexity index is 1250. The third-order valence-electron chi connectivity index (χ3n) is 5.04. The highest BCUT2D eigenvalue weighted by Gasteiger charge is 2.25. The second-order valence-corrected chi connectivity index (χ2v) is 7.26. The molecule has 134 valence electrons. The highest BCUT2D eigenvalue weighted by atomic mass is 16.5. The van der Waals surface area contributed by atoms with Crippen LogP contribution in [0, 0.1) is 6.92 Å². The minimum Gasteiger partial charge on any atom is -0.332 e. The summed E-state index contributed by atoms with van der Waals surface area (Å²) in [6.07, 6.45) is 0. The van der Waals surface area contributed by atoms with Crippen LogP contribution in [-0.2, 0) is 6.54 Å². The summed E-state index contributed by atoms with van der Waals surface area (Å²) in [6, 6.07) is 10.4. The molecule has 0 radical (unpaired) electrons. The van der Waals surface area contributed by atoms with Gasteiger partial charge in [0.1, 0.15) is 5.70 Å². The number of nitrogens with zero attached hydrogens (tertiary/aromatic N) is 5. The van der Waals surface area contributed by atoms with Crippen LogP contribution in [0.15, 0.2) is 44.8 Å². The van der Waals surface area contributed by atoms with Gasteiger partial charge >= 0.3 is 0 Å². The van der Waals surface area contributed by atoms with E-state index in [1.54, 1.807) is 0 Å². The van der Waals surface area contributed by atoms with Gasteiger partial charge in [-0.3, -0.25) is 0 Å². The summed E-state index contributed by atoms with van der Waals surface area (Å²) in [5, 5.41) is 6.05. The van der Waals surface area contributed by atoms with E-state index in [1.165, 1.54) is 0 Å². The van der Waals surface area contributed by atoms with Crippen LogP contribution in [0.2, 0.25) is 0 Å². The number of hydrogen-bond donors (Lipinski definition) is 0. The third-order valence-corrected chi connectivity index (χ3v) is 5.04. The molecular formula is C21H19N5O. The van der Waals surface area contributed by atoms with E-state index < -0.39 is 0 Å². The van der Waals surface area contributed by atoms with Crippen molar-refractivity contribution in [2.24, 2.45) is 9.98 Å². The van der Waals surface area contributed by atoms with Gasteiger partial charge < -0.3 is 9.42 Å². The zero-order valence-corrected chi connectivity index (χ0v) is 15.7. The molecule has 2 aliphatic heterocycles. The second kappa shape index (κ2) is 5.69. The predicted molar refractivity (Wildman–Crippen MR) is 103 cm³/mol. The minimum absolute atomic E-state index is 0.470. The first kappa shape index (κ1) is 16.1. The molecule has 1 aromatic heterocycles. The molecule has 0 unspecified atom stereocenters. The van der Waals surface area contributed by atoms with Gasteiger partial charge in [0.25, 0.3) is 5.89 Å². The molecule has 6 heteroatoms. The summed E-state index contributed by atoms with van der Waals surface area (Å²) in [4.78, 5) is 16.2. The molecule has 0 aliphatic carbocycles. The molecular weight excluding hydrogens is 338 g/mol. The Morgan fingerprint density at radius 3 is 2.67 bits per heavy atom. The number of benzene rings is 2. The topological polar surface area (TPSA) is 66.9 Å². The van der Waals surface area contributed by atoms with E-state index in [0.29, 0.717) is 18.3 Å². The lowest BCUT2D eigenvalue weighted by atomic mass is 9.96. The van der Waals surface area contributed by atoms with E-state index >= 15 is 0 Å². The van der Waals surface area contributed by atoms with Gasteiger partial charge in [0, 0.05) is 16.7 Å². The van der Waals surface area contributed by atoms with Gasteiger partial charge in [-0.25, -0.2) is 9.98 Å². The molecule has 3 aromatic rings. The van der Waals surface area contributed by atoms with Crippen molar-refractivity contribution >= 4 is 17.0 Å². The van der Waals surface area contributed by atoms with Gasteiger partial charge in [0.2, 0.25) is 0 Å². The lowest BCUT2D eigenvalue weighted by molar-refractivity contribution is 0.359. The molecule has 3 heterocycles. The largest absolute Gasteiger partial charge is 0.332 e. The van der Waals surface area contributed by atoms with E-state index in [9.17, 15) is 0 Å². The fourth-order valence-electron chi connectivity index (χ4n) is 3.85. The Hall–Kier alpha value is -3.12. The Balaban J connectivity index is 1.66. The van der Waals surface area contributed by atoms with Gasteiger partial charge in [-0.2, -0.15) is 4.98 Å². The Labute approximate surface area is 156 Å². The highest BCUT2D eigenvalue weighted by Crippen LogP contribution is 2.35. The average molecular weight is 357 g/mol. The van der Waals surface area contributed by atoms with E-state index in [4.69, 9.17) is 14.5 Å². The summed E-state index contributed by atoms with van der Waals surface area (Å²) >= 11 is 0. The lowest BCUT2D eigenvalue weighted by Crippen LogP contribution is -2.18. The molecule has 0 saturated heterocycles. The minimum atomic E-state index is 0.470. The second-order valence-electron chi connectivity index (χ2n) is 7.26. The summed E-state index contributed by atoms with van der Waals surface area (Å²) in [5.41, 5.74) is 7.38. The maximum Gasteiger partial charge on any atom is 0.276 e. The summed E-state index contributed by atoms with van der Waals surface area (Å²) in [7, 11) is 3.95. The van der Waals surface area contributed by atoms with E-state index in [2.05, 4.69) is 42.2 Å². The van der Waals surface area contributed by atoms with Crippen LogP contribution in [0.5, 0.6) is 0 Å². The van der Waals surface area contributed by atoms with Crippen LogP contribution in [0.3, 0.4) is 0 Å². The molecule has 0 saturated carbocycles. The summed E-state index contributed by atoms with van der Waals surface area (Å²) in [6.45, 7) is 4.80. The van der Waals surface area contributed by atoms with Crippen molar-refractivity contribution < 1.29 is 4.52 Å². The first-order valence-corrected chi connectivity index (χ1v) is 8.92. The van der Waals surface area contributed by atoms with Crippen LogP contribution < -0.4 is 10.7 Å². The molecule has 6 nitrogen and oxygen atoms in total. The van der Waals surface area contributed by atoms with Crippen LogP contribution in [0.1, 0.15) is 29.8 Å². The van der Waals surface area contributed by atoms with Gasteiger partial charge in [0.05, 0.1) is 22.9 Å². The van der Waals surface area contributed by atoms with Crippen molar-refractivity contribution in [1.82, 2.24) is 15.0 Å². The third kappa shape index (κ3) is 2.37. The van der Waals surface area contributed by atoms with Crippen molar-refractivity contribution in [3.63, 3.8) is 0 Å². The molecule has 0 fully saturated rings. The first-order chi connectivity index (χ1) is 13.0. The Morgan fingerprint density at radius 2 is 1.85 bits per heavy atom. The van der Waals surface area contributed by atoms with Crippen LogP contribution in [-0.4, -0.2) is 29.1 Å². The standard InChI is InChI=1S/C21H19N5O/c1-11-18-12(2)20(21-24-17(25-27-21)10-26(3)4)23-16(18)9-14-13-7-5-6-8-15(13)22-19(11)14/h5-9H,10H2,1-4H3. The number of hydrogen-bond acceptors (Lipinski definition) is 6. The molecule has 5 rings (SSSR count). The number of aromatic nitrogens is 2. The number of fused-ring (bicyclic) bond motifs is 4. The fourth-order valence-corrected chi connectivity index (χ4v) is 3.85. The number of allylic oxidation sites excluding steroid dienone is 1. The molecule has 0 N–H and O–H groups in total. The smallest absolute Gasteiger partial charge is 0.276 e. The summed E-state index contributed by atoms with van der Waals surface area (Å²) < 4.78 is 5.49. The molecule has 27 heavy (non-hydrogen) atoms. The number of rotatable bonds is 3. The van der Waals surface area contributed by atoms with E-state index in [0.717, 1.165) is 49.9 Å². The molecule has 2 aliphatic rings. The van der Waals surface area contributed by atoms with Gasteiger partial charge in [-0.05, 0) is 51.2 Å². The van der Waals surface area contributed by atoms with Crippen molar-refractivity contribution in [3.8, 4) is 11.1 Å². The lowest BCUT2D eigenvalue weighted by Gasteiger charge is -2.05. The van der Waals surface area contributed by atoms with Crippen LogP contribution in [0.4, 0.5) is 5.69 Å². The molecule has 0 spiro atoms. The quantitative estimate of drug-likeness (QED) is 0.565. The maximum absolute atomic E-state index is 5.49. The van der Waals surface area contributed by atoms with Crippen molar-refractivity contribution in [2.75, 3.05) is 14.1 Å². The zero-order chi connectivity index (χ0) is 18.7. The first-order valence-electron chi connectivity index (χ1n) is 8.92. The SMILES string of the molecule is CC1=C(c2nc(CN(C)C)no2)N=c2cc3c(c(C)c21)=Nc1ccccc1-3. The molecule has 0 amide bonds. The van der Waals surface area contributed by atoms with Crippen LogP contribution >= 0.6 is 0 Å². The fraction of sp³-hybridized carbons (Fsp3) is 0.238. The molecule has 0 atom stereocenters. The Kier molecular flexibility index (Phi) is 3.39. The average Bonchev–Trinajstić information content (AvgIpc) is 3.31. The van der Waals surface area contributed by atoms with Crippen LogP contribution in [0.25, 0.3) is 22.4 Å². The highest BCUT2D eigenvalue weighted by molar-refractivity contribution is 5.92. The van der Waals surface area contributed by atoms with Gasteiger partial charge in [-0.1, -0.05) is 23.4 Å². The summed E-state index contributed by atoms with van der Waals surface area (Å²) in [5.74, 6) is 1.13. The monoisotopic (exact) mass is 357 g/mol. The van der Waals surface area contributed by atoms with Crippen molar-refractivity contribution in [2.45, 2.75) is 20.4 Å². The maximum atomic E-state index is 5.49. The van der Waals surface area contributed by atoms with Gasteiger partial charge in [0.15, 0.2) is 5.82 Å². The van der Waals surface area contributed by atoms with E-state index in [1.807, 2.05) is 31.1 Å². The normalized spacial score (nSPS) is 14.1. The van der Waals surface area contributed by atoms with Crippen molar-refractivity contribution in [1.29, 1.82) is 0 Å². The zero-order valence-electron chi connectivity index (χ0n) is 15.7. The molecule has 0 bridgehead atoms. The van der Waals surface area contributed by atoms with Crippen molar-refractivity contribution in [3.05, 3.63) is 63.9 Å². The van der Waals surface area contributed by atoms with Gasteiger partial charge in [-0.15, -0.1) is 0 Å². The number of para-hydroxylation sites is 1. The molecule has 2 aromatic carbocycles. The predicted octanol–water partition coefficient (Wildman–Crippen LogP) is 2.89. The van der Waals surface area contributed by atoms with E-state index in [-0.39, 0.29) is 0 Å². The Morgan fingerprint density at radius 1 is 1.04 bits per heavy atom.